The van der Waals surface area contributed by atoms with Gasteiger partial charge in [0.2, 0.25) is 0 Å². The fourth-order valence-corrected chi connectivity index (χ4v) is 2.20. The quantitative estimate of drug-likeness (QED) is 0.591. The molecule has 0 heterocycles. The highest BCUT2D eigenvalue weighted by Crippen LogP contribution is 2.17. The summed E-state index contributed by atoms with van der Waals surface area (Å²) < 4.78 is 5.65. The molecule has 0 amide bonds. The van der Waals surface area contributed by atoms with Crippen molar-refractivity contribution >= 4 is 5.96 Å². The van der Waals surface area contributed by atoms with Crippen LogP contribution in [0, 0.1) is 0 Å². The van der Waals surface area contributed by atoms with Gasteiger partial charge in [-0.05, 0) is 31.4 Å². The van der Waals surface area contributed by atoms with E-state index in [2.05, 4.69) is 41.3 Å². The molecule has 0 aliphatic rings. The van der Waals surface area contributed by atoms with Gasteiger partial charge in [0, 0.05) is 27.2 Å². The second kappa shape index (κ2) is 10.1. The molecule has 1 aromatic carbocycles. The zero-order valence-electron chi connectivity index (χ0n) is 13.9. The molecular formula is C17H29N3O. The van der Waals surface area contributed by atoms with E-state index in [0.29, 0.717) is 6.61 Å². The van der Waals surface area contributed by atoms with E-state index in [0.717, 1.165) is 31.2 Å². The maximum atomic E-state index is 5.65. The topological polar surface area (TPSA) is 36.9 Å². The molecule has 0 spiro atoms. The van der Waals surface area contributed by atoms with E-state index in [1.807, 2.05) is 26.1 Å². The number of hydrogen-bond donors (Lipinski definition) is 1. The predicted molar refractivity (Wildman–Crippen MR) is 90.2 cm³/mol. The Bertz CT molecular complexity index is 432. The molecule has 0 aliphatic carbocycles. The first-order valence-electron chi connectivity index (χ1n) is 7.85. The van der Waals surface area contributed by atoms with Crippen LogP contribution in [0.15, 0.2) is 29.3 Å². The number of aliphatic imine (C=N–C) groups is 1. The molecule has 21 heavy (non-hydrogen) atoms. The van der Waals surface area contributed by atoms with Crippen LogP contribution in [0.1, 0.15) is 32.3 Å². The lowest BCUT2D eigenvalue weighted by Crippen LogP contribution is -2.40. The maximum absolute atomic E-state index is 5.65. The molecule has 4 heteroatoms. The minimum Gasteiger partial charge on any atom is -0.494 e. The Balaban J connectivity index is 2.48. The van der Waals surface area contributed by atoms with Gasteiger partial charge in [0.1, 0.15) is 5.75 Å². The monoisotopic (exact) mass is 291 g/mol. The summed E-state index contributed by atoms with van der Waals surface area (Å²) >= 11 is 0. The predicted octanol–water partition coefficient (Wildman–Crippen LogP) is 2.94. The number of hydrogen-bond acceptors (Lipinski definition) is 2. The third-order valence-electron chi connectivity index (χ3n) is 3.37. The minimum absolute atomic E-state index is 0.700. The van der Waals surface area contributed by atoms with E-state index in [4.69, 9.17) is 4.74 Å². The van der Waals surface area contributed by atoms with Crippen molar-refractivity contribution in [1.82, 2.24) is 10.2 Å². The summed E-state index contributed by atoms with van der Waals surface area (Å²) in [6, 6.07) is 8.22. The van der Waals surface area contributed by atoms with E-state index in [1.165, 1.54) is 18.4 Å². The standard InChI is InChI=1S/C17H29N3O/c1-5-7-14-20(4)17(18-3)19-13-12-15-10-8-9-11-16(15)21-6-2/h8-11H,5-7,12-14H2,1-4H3,(H,18,19). The van der Waals surface area contributed by atoms with Crippen LogP contribution >= 0.6 is 0 Å². The smallest absolute Gasteiger partial charge is 0.193 e. The lowest BCUT2D eigenvalue weighted by molar-refractivity contribution is 0.336. The molecule has 0 aromatic heterocycles. The Morgan fingerprint density at radius 3 is 2.71 bits per heavy atom. The van der Waals surface area contributed by atoms with Gasteiger partial charge < -0.3 is 15.0 Å². The molecule has 0 bridgehead atoms. The lowest BCUT2D eigenvalue weighted by atomic mass is 10.1. The zero-order valence-corrected chi connectivity index (χ0v) is 13.9. The van der Waals surface area contributed by atoms with Gasteiger partial charge in [-0.2, -0.15) is 0 Å². The molecule has 0 saturated heterocycles. The van der Waals surface area contributed by atoms with Crippen molar-refractivity contribution in [3.05, 3.63) is 29.8 Å². The van der Waals surface area contributed by atoms with Gasteiger partial charge >= 0.3 is 0 Å². The van der Waals surface area contributed by atoms with Gasteiger partial charge in [-0.15, -0.1) is 0 Å². The number of nitrogens with zero attached hydrogens (tertiary/aromatic N) is 2. The summed E-state index contributed by atoms with van der Waals surface area (Å²) in [6.07, 6.45) is 3.31. The third-order valence-corrected chi connectivity index (χ3v) is 3.37. The molecule has 0 aliphatic heterocycles. The van der Waals surface area contributed by atoms with Crippen molar-refractivity contribution < 1.29 is 4.74 Å². The van der Waals surface area contributed by atoms with Crippen LogP contribution in [0.5, 0.6) is 5.75 Å². The normalized spacial score (nSPS) is 11.3. The van der Waals surface area contributed by atoms with Crippen LogP contribution in [-0.4, -0.2) is 44.7 Å². The van der Waals surface area contributed by atoms with Crippen LogP contribution in [0.3, 0.4) is 0 Å². The molecule has 0 radical (unpaired) electrons. The molecule has 1 N–H and O–H groups in total. The maximum Gasteiger partial charge on any atom is 0.193 e. The first-order valence-corrected chi connectivity index (χ1v) is 7.85. The summed E-state index contributed by atoms with van der Waals surface area (Å²) in [6.45, 7) is 6.80. The Labute approximate surface area is 129 Å². The van der Waals surface area contributed by atoms with Crippen LogP contribution < -0.4 is 10.1 Å². The van der Waals surface area contributed by atoms with Gasteiger partial charge in [0.05, 0.1) is 6.61 Å². The van der Waals surface area contributed by atoms with Gasteiger partial charge in [0.25, 0.3) is 0 Å². The largest absolute Gasteiger partial charge is 0.494 e. The van der Waals surface area contributed by atoms with Crippen molar-refractivity contribution in [3.8, 4) is 5.75 Å². The number of unbranched alkanes of at least 4 members (excludes halogenated alkanes) is 1. The molecular weight excluding hydrogens is 262 g/mol. The number of rotatable bonds is 8. The number of ether oxygens (including phenoxy) is 1. The Hall–Kier alpha value is -1.71. The van der Waals surface area contributed by atoms with Crippen molar-refractivity contribution in [2.24, 2.45) is 4.99 Å². The Morgan fingerprint density at radius 1 is 1.29 bits per heavy atom. The lowest BCUT2D eigenvalue weighted by Gasteiger charge is -2.22. The van der Waals surface area contributed by atoms with E-state index in [-0.39, 0.29) is 0 Å². The average molecular weight is 291 g/mol. The molecule has 1 rings (SSSR count). The van der Waals surface area contributed by atoms with Crippen LogP contribution in [-0.2, 0) is 6.42 Å². The second-order valence-electron chi connectivity index (χ2n) is 5.04. The minimum atomic E-state index is 0.700. The van der Waals surface area contributed by atoms with E-state index < -0.39 is 0 Å². The van der Waals surface area contributed by atoms with Crippen molar-refractivity contribution in [1.29, 1.82) is 0 Å². The number of guanidine groups is 1. The summed E-state index contributed by atoms with van der Waals surface area (Å²) in [5, 5.41) is 3.42. The first-order chi connectivity index (χ1) is 10.2. The fraction of sp³-hybridized carbons (Fsp3) is 0.588. The summed E-state index contributed by atoms with van der Waals surface area (Å²) in [4.78, 5) is 6.51. The fourth-order valence-electron chi connectivity index (χ4n) is 2.20. The van der Waals surface area contributed by atoms with Crippen LogP contribution in [0.4, 0.5) is 0 Å². The highest BCUT2D eigenvalue weighted by molar-refractivity contribution is 5.79. The molecule has 0 atom stereocenters. The Morgan fingerprint density at radius 2 is 2.05 bits per heavy atom. The SMILES string of the molecule is CCCCN(C)C(=NC)NCCc1ccccc1OCC. The molecule has 4 nitrogen and oxygen atoms in total. The number of benzene rings is 1. The highest BCUT2D eigenvalue weighted by atomic mass is 16.5. The Kier molecular flexibility index (Phi) is 8.32. The number of para-hydroxylation sites is 1. The van der Waals surface area contributed by atoms with Gasteiger partial charge in [-0.1, -0.05) is 31.5 Å². The first kappa shape index (κ1) is 17.3. The van der Waals surface area contributed by atoms with Crippen LogP contribution in [0.25, 0.3) is 0 Å². The zero-order chi connectivity index (χ0) is 15.5. The third kappa shape index (κ3) is 6.06. The van der Waals surface area contributed by atoms with E-state index >= 15 is 0 Å². The van der Waals surface area contributed by atoms with E-state index in [1.54, 1.807) is 0 Å². The van der Waals surface area contributed by atoms with Crippen LogP contribution in [0.2, 0.25) is 0 Å². The summed E-state index contributed by atoms with van der Waals surface area (Å²) in [5.41, 5.74) is 1.23. The molecule has 118 valence electrons. The highest BCUT2D eigenvalue weighted by Gasteiger charge is 2.06. The van der Waals surface area contributed by atoms with Gasteiger partial charge in [0.15, 0.2) is 5.96 Å². The average Bonchev–Trinajstić information content (AvgIpc) is 2.51. The van der Waals surface area contributed by atoms with Crippen molar-refractivity contribution in [3.63, 3.8) is 0 Å². The van der Waals surface area contributed by atoms with Crippen molar-refractivity contribution in [2.45, 2.75) is 33.1 Å². The van der Waals surface area contributed by atoms with E-state index in [9.17, 15) is 0 Å². The molecule has 0 saturated carbocycles. The van der Waals surface area contributed by atoms with Gasteiger partial charge in [-0.25, -0.2) is 0 Å². The molecule has 0 unspecified atom stereocenters. The second-order valence-corrected chi connectivity index (χ2v) is 5.04. The summed E-state index contributed by atoms with van der Waals surface area (Å²) in [7, 11) is 3.91. The number of nitrogens with one attached hydrogen (secondary N) is 1. The molecule has 1 aromatic rings. The summed E-state index contributed by atoms with van der Waals surface area (Å²) in [5.74, 6) is 1.94. The molecule has 0 fully saturated rings. The van der Waals surface area contributed by atoms with Crippen molar-refractivity contribution in [2.75, 3.05) is 33.8 Å². The van der Waals surface area contributed by atoms with Gasteiger partial charge in [-0.3, -0.25) is 4.99 Å².